The highest BCUT2D eigenvalue weighted by atomic mass is 32.2. The third-order valence-electron chi connectivity index (χ3n) is 5.63. The summed E-state index contributed by atoms with van der Waals surface area (Å²) in [7, 11) is 1.72. The van der Waals surface area contributed by atoms with Crippen molar-refractivity contribution in [2.24, 2.45) is 7.05 Å². The molecule has 10 nitrogen and oxygen atoms in total. The number of carbonyl (C=O) groups excluding carboxylic acids is 1. The Balaban J connectivity index is 1.25. The van der Waals surface area contributed by atoms with Crippen molar-refractivity contribution >= 4 is 41.1 Å². The second-order valence-corrected chi connectivity index (χ2v) is 9.96. The quantitative estimate of drug-likeness (QED) is 0.271. The van der Waals surface area contributed by atoms with Crippen molar-refractivity contribution in [1.29, 1.82) is 0 Å². The molecule has 12 heteroatoms. The number of carbonyl (C=O) groups is 2. The summed E-state index contributed by atoms with van der Waals surface area (Å²) in [6.45, 7) is 0.758. The summed E-state index contributed by atoms with van der Waals surface area (Å²) in [6.07, 6.45) is 3.92. The zero-order valence-electron chi connectivity index (χ0n) is 18.2. The highest BCUT2D eigenvalue weighted by Gasteiger charge is 2.53. The number of anilines is 1. The molecule has 4 heterocycles. The fraction of sp³-hybridized carbons (Fsp3) is 0.273. The maximum Gasteiger partial charge on any atom is 0.352 e. The Bertz CT molecular complexity index is 1250. The van der Waals surface area contributed by atoms with Crippen molar-refractivity contribution in [1.82, 2.24) is 25.1 Å². The van der Waals surface area contributed by atoms with Gasteiger partial charge in [-0.2, -0.15) is 0 Å². The van der Waals surface area contributed by atoms with E-state index < -0.39 is 12.0 Å². The van der Waals surface area contributed by atoms with Gasteiger partial charge in [0, 0.05) is 41.9 Å². The second kappa shape index (κ2) is 9.47. The van der Waals surface area contributed by atoms with Crippen LogP contribution in [-0.4, -0.2) is 65.0 Å². The normalized spacial score (nSPS) is 19.6. The molecule has 174 valence electrons. The third kappa shape index (κ3) is 4.38. The molecule has 0 radical (unpaired) electrons. The maximum absolute atomic E-state index is 13.0. The lowest BCUT2D eigenvalue weighted by Crippen LogP contribution is -2.67. The summed E-state index contributed by atoms with van der Waals surface area (Å²) in [5, 5.41) is 24.8. The molecule has 1 amide bonds. The molecule has 1 aromatic carbocycles. The maximum atomic E-state index is 13.0. The molecule has 0 spiro atoms. The van der Waals surface area contributed by atoms with E-state index in [-0.39, 0.29) is 17.0 Å². The molecule has 0 bridgehead atoms. The zero-order valence-corrected chi connectivity index (χ0v) is 19.9. The Morgan fingerprint density at radius 2 is 2.03 bits per heavy atom. The fourth-order valence-corrected chi connectivity index (χ4v) is 6.26. The van der Waals surface area contributed by atoms with Gasteiger partial charge in [-0.1, -0.05) is 42.1 Å². The van der Waals surface area contributed by atoms with E-state index in [2.05, 4.69) is 37.5 Å². The standard InChI is InChI=1S/C22H21N7O3S2/c1-27-22(24-25-26-27)34-13-15-12-33-20-17(19(30)29(20)18(15)21(31)32)23-16-7-9-28(10-8-16)11-14-5-3-2-4-6-14/h2-10,17,20H,11-13H2,1H3,(H,31,32)/p+1/t17-,20?/m1/s1. The number of fused-ring (bicyclic) bond motifs is 1. The first kappa shape index (κ1) is 22.4. The summed E-state index contributed by atoms with van der Waals surface area (Å²) < 4.78 is 3.59. The summed E-state index contributed by atoms with van der Waals surface area (Å²) in [6, 6.07) is 13.6. The number of nitrogens with zero attached hydrogens (tertiary/aromatic N) is 6. The van der Waals surface area contributed by atoms with Crippen LogP contribution in [0.5, 0.6) is 0 Å². The molecular formula is C22H22N7O3S2+. The van der Waals surface area contributed by atoms with Gasteiger partial charge in [-0.3, -0.25) is 9.69 Å². The Morgan fingerprint density at radius 3 is 2.71 bits per heavy atom. The van der Waals surface area contributed by atoms with E-state index in [1.54, 1.807) is 18.8 Å². The first-order valence-electron chi connectivity index (χ1n) is 10.6. The van der Waals surface area contributed by atoms with Crippen molar-refractivity contribution < 1.29 is 19.3 Å². The average Bonchev–Trinajstić information content (AvgIpc) is 3.26. The minimum Gasteiger partial charge on any atom is -0.477 e. The number of pyridine rings is 1. The van der Waals surface area contributed by atoms with Gasteiger partial charge >= 0.3 is 5.97 Å². The lowest BCUT2D eigenvalue weighted by Gasteiger charge is -2.49. The molecule has 2 aliphatic heterocycles. The van der Waals surface area contributed by atoms with E-state index in [0.29, 0.717) is 22.2 Å². The number of hydrogen-bond acceptors (Lipinski definition) is 8. The van der Waals surface area contributed by atoms with Gasteiger partial charge in [-0.25, -0.2) is 14.0 Å². The molecule has 34 heavy (non-hydrogen) atoms. The van der Waals surface area contributed by atoms with Crippen molar-refractivity contribution in [3.63, 3.8) is 0 Å². The van der Waals surface area contributed by atoms with E-state index in [0.717, 1.165) is 12.2 Å². The third-order valence-corrected chi connectivity index (χ3v) is 8.06. The number of aliphatic carboxylic acids is 1. The molecule has 2 N–H and O–H groups in total. The Labute approximate surface area is 204 Å². The van der Waals surface area contributed by atoms with E-state index in [4.69, 9.17) is 0 Å². The van der Waals surface area contributed by atoms with Gasteiger partial charge in [0.2, 0.25) is 5.16 Å². The van der Waals surface area contributed by atoms with Gasteiger partial charge in [0.25, 0.3) is 5.91 Å². The molecule has 2 atom stereocenters. The predicted octanol–water partition coefficient (Wildman–Crippen LogP) is 1.37. The van der Waals surface area contributed by atoms with Crippen LogP contribution in [-0.2, 0) is 23.2 Å². The second-order valence-electron chi connectivity index (χ2n) is 7.91. The van der Waals surface area contributed by atoms with Crippen molar-refractivity contribution in [2.75, 3.05) is 16.8 Å². The topological polar surface area (TPSA) is 117 Å². The lowest BCUT2D eigenvalue weighted by molar-refractivity contribution is -0.688. The van der Waals surface area contributed by atoms with Gasteiger partial charge in [-0.15, -0.1) is 16.9 Å². The van der Waals surface area contributed by atoms with Crippen LogP contribution in [0.25, 0.3) is 0 Å². The molecule has 2 aliphatic rings. The molecule has 1 saturated heterocycles. The van der Waals surface area contributed by atoms with E-state index >= 15 is 0 Å². The average molecular weight is 497 g/mol. The number of carboxylic acids is 1. The van der Waals surface area contributed by atoms with Crippen molar-refractivity contribution in [3.05, 3.63) is 71.7 Å². The number of amides is 1. The summed E-state index contributed by atoms with van der Waals surface area (Å²) in [4.78, 5) is 26.4. The Morgan fingerprint density at radius 1 is 1.26 bits per heavy atom. The first-order chi connectivity index (χ1) is 16.5. The van der Waals surface area contributed by atoms with Crippen LogP contribution in [0.2, 0.25) is 0 Å². The number of aromatic nitrogens is 5. The van der Waals surface area contributed by atoms with Gasteiger partial charge in [0.05, 0.1) is 0 Å². The van der Waals surface area contributed by atoms with Crippen LogP contribution < -0.4 is 9.88 Å². The summed E-state index contributed by atoms with van der Waals surface area (Å²) in [5.41, 5.74) is 2.78. The van der Waals surface area contributed by atoms with Gasteiger partial charge in [0.1, 0.15) is 17.1 Å². The number of rotatable bonds is 8. The van der Waals surface area contributed by atoms with Crippen LogP contribution in [0.3, 0.4) is 0 Å². The molecule has 1 fully saturated rings. The summed E-state index contributed by atoms with van der Waals surface area (Å²) in [5.74, 6) is -0.403. The van der Waals surface area contributed by atoms with Crippen LogP contribution in [0.4, 0.5) is 5.69 Å². The number of benzene rings is 1. The van der Waals surface area contributed by atoms with E-state index in [1.807, 2.05) is 42.7 Å². The molecule has 3 aromatic rings. The lowest BCUT2D eigenvalue weighted by atomic mass is 10.0. The van der Waals surface area contributed by atoms with Crippen LogP contribution in [0.1, 0.15) is 5.56 Å². The predicted molar refractivity (Wildman–Crippen MR) is 127 cm³/mol. The number of thioether (sulfide) groups is 2. The number of aryl methyl sites for hydroxylation is 1. The Hall–Kier alpha value is -3.38. The molecule has 5 rings (SSSR count). The highest BCUT2D eigenvalue weighted by Crippen LogP contribution is 2.42. The van der Waals surface area contributed by atoms with Crippen molar-refractivity contribution in [3.8, 4) is 0 Å². The molecule has 0 saturated carbocycles. The van der Waals surface area contributed by atoms with E-state index in [9.17, 15) is 14.7 Å². The van der Waals surface area contributed by atoms with Crippen LogP contribution in [0.15, 0.2) is 71.3 Å². The monoisotopic (exact) mass is 496 g/mol. The summed E-state index contributed by atoms with van der Waals surface area (Å²) >= 11 is 2.92. The first-order valence-corrected chi connectivity index (χ1v) is 12.6. The van der Waals surface area contributed by atoms with Gasteiger partial charge in [-0.05, 0) is 16.0 Å². The highest BCUT2D eigenvalue weighted by molar-refractivity contribution is 8.01. The van der Waals surface area contributed by atoms with Crippen LogP contribution >= 0.6 is 23.5 Å². The number of nitrogens with one attached hydrogen (secondary N) is 1. The number of hydrogen-bond donors (Lipinski definition) is 2. The van der Waals surface area contributed by atoms with Crippen molar-refractivity contribution in [2.45, 2.75) is 23.1 Å². The minimum atomic E-state index is -1.09. The van der Waals surface area contributed by atoms with Crippen LogP contribution in [0, 0.1) is 0 Å². The molecule has 1 unspecified atom stereocenters. The minimum absolute atomic E-state index is 0.0724. The molecule has 2 aromatic heterocycles. The SMILES string of the molecule is Cn1nnnc1SCC1=C(C(=O)O)N2C(=O)[C@@H](Nc3cc[n+](Cc4ccccc4)cc3)C2SC1. The Kier molecular flexibility index (Phi) is 6.24. The number of tetrazole rings is 1. The van der Waals surface area contributed by atoms with Gasteiger partial charge in [0.15, 0.2) is 18.9 Å². The molecular weight excluding hydrogens is 474 g/mol. The zero-order chi connectivity index (χ0) is 23.7. The van der Waals surface area contributed by atoms with Gasteiger partial charge < -0.3 is 10.4 Å². The largest absolute Gasteiger partial charge is 0.477 e. The number of carboxylic acid groups (broad SMARTS) is 1. The smallest absolute Gasteiger partial charge is 0.352 e. The molecule has 0 aliphatic carbocycles. The number of β-lactam (4-membered cyclic amide) rings is 1. The van der Waals surface area contributed by atoms with E-state index in [1.165, 1.54) is 26.9 Å². The fourth-order valence-electron chi connectivity index (χ4n) is 3.92.